The first-order valence-electron chi connectivity index (χ1n) is 9.25. The molecule has 27 heavy (non-hydrogen) atoms. The van der Waals surface area contributed by atoms with Crippen molar-refractivity contribution < 1.29 is 14.4 Å². The smallest absolute Gasteiger partial charge is 0.267 e. The van der Waals surface area contributed by atoms with Crippen LogP contribution in [-0.2, 0) is 9.63 Å². The lowest BCUT2D eigenvalue weighted by Crippen LogP contribution is -2.43. The predicted octanol–water partition coefficient (Wildman–Crippen LogP) is 1.54. The second kappa shape index (κ2) is 6.26. The van der Waals surface area contributed by atoms with Crippen molar-refractivity contribution in [1.29, 1.82) is 0 Å². The fraction of sp³-hybridized carbons (Fsp3) is 0.350. The van der Waals surface area contributed by atoms with Crippen LogP contribution in [0.4, 0.5) is 0 Å². The average molecular weight is 364 g/mol. The van der Waals surface area contributed by atoms with Crippen molar-refractivity contribution >= 4 is 17.5 Å². The summed E-state index contributed by atoms with van der Waals surface area (Å²) in [6.07, 6.45) is 2.54. The predicted molar refractivity (Wildman–Crippen MR) is 98.1 cm³/mol. The normalized spacial score (nSPS) is 28.3. The zero-order chi connectivity index (χ0) is 18.4. The highest BCUT2D eigenvalue weighted by atomic mass is 16.6. The number of aromatic amines is 1. The number of hydrogen-bond donors (Lipinski definition) is 2. The minimum Gasteiger partial charge on any atom is -0.382 e. The van der Waals surface area contributed by atoms with E-state index in [-0.39, 0.29) is 23.9 Å². The summed E-state index contributed by atoms with van der Waals surface area (Å²) < 4.78 is 0. The molecule has 1 saturated heterocycles. The van der Waals surface area contributed by atoms with Crippen molar-refractivity contribution in [2.45, 2.75) is 31.0 Å². The van der Waals surface area contributed by atoms with Crippen molar-refractivity contribution in [1.82, 2.24) is 15.2 Å². The van der Waals surface area contributed by atoms with Crippen molar-refractivity contribution in [2.24, 2.45) is 11.1 Å². The number of amides is 2. The summed E-state index contributed by atoms with van der Waals surface area (Å²) in [6, 6.07) is 13.4. The summed E-state index contributed by atoms with van der Waals surface area (Å²) in [7, 11) is 0. The monoisotopic (exact) mass is 364 g/mol. The maximum Gasteiger partial charge on any atom is 0.267 e. The van der Waals surface area contributed by atoms with E-state index in [1.807, 2.05) is 35.2 Å². The molecule has 3 aliphatic rings. The molecule has 1 saturated carbocycles. The lowest BCUT2D eigenvalue weighted by molar-refractivity contribution is -0.142. The summed E-state index contributed by atoms with van der Waals surface area (Å²) in [5, 5.41) is 7.15. The maximum atomic E-state index is 12.9. The molecule has 138 valence electrons. The van der Waals surface area contributed by atoms with Gasteiger partial charge in [-0.25, -0.2) is 0 Å². The van der Waals surface area contributed by atoms with Gasteiger partial charge in [-0.3, -0.25) is 9.59 Å². The van der Waals surface area contributed by atoms with Crippen LogP contribution in [0.2, 0.25) is 0 Å². The SMILES string of the molecule is O=C(N[C@@H]1[C@H]2CCN(C(=O)C3CC(c4ccccc4)=NO3)[C@H]21)c1ccc[nH]1. The van der Waals surface area contributed by atoms with E-state index < -0.39 is 6.10 Å². The topological polar surface area (TPSA) is 86.8 Å². The van der Waals surface area contributed by atoms with Crippen LogP contribution >= 0.6 is 0 Å². The molecule has 3 heterocycles. The first-order chi connectivity index (χ1) is 13.2. The van der Waals surface area contributed by atoms with Gasteiger partial charge in [0.15, 0.2) is 0 Å². The zero-order valence-corrected chi connectivity index (χ0v) is 14.7. The molecule has 7 heteroatoms. The van der Waals surface area contributed by atoms with E-state index in [0.29, 0.717) is 24.6 Å². The van der Waals surface area contributed by atoms with Crippen molar-refractivity contribution in [2.75, 3.05) is 6.54 Å². The fourth-order valence-electron chi connectivity index (χ4n) is 4.21. The molecule has 1 unspecified atom stereocenters. The standard InChI is InChI=1S/C20H20N4O3/c25-19(14-7-4-9-21-14)22-17-13-8-10-24(18(13)17)20(26)16-11-15(23-27-16)12-5-2-1-3-6-12/h1-7,9,13,16-18,21H,8,10-11H2,(H,22,25)/t13-,16?,17-,18-/m1/s1. The lowest BCUT2D eigenvalue weighted by Gasteiger charge is -2.22. The minimum atomic E-state index is -0.570. The van der Waals surface area contributed by atoms with E-state index in [1.54, 1.807) is 18.3 Å². The number of hydrogen-bond acceptors (Lipinski definition) is 4. The lowest BCUT2D eigenvalue weighted by atomic mass is 10.0. The van der Waals surface area contributed by atoms with Crippen LogP contribution in [0, 0.1) is 5.92 Å². The molecule has 2 amide bonds. The van der Waals surface area contributed by atoms with E-state index in [9.17, 15) is 9.59 Å². The first-order valence-corrected chi connectivity index (χ1v) is 9.25. The van der Waals surface area contributed by atoms with Gasteiger partial charge in [-0.2, -0.15) is 0 Å². The third-order valence-corrected chi connectivity index (χ3v) is 5.66. The van der Waals surface area contributed by atoms with Gasteiger partial charge in [0.2, 0.25) is 6.10 Å². The van der Waals surface area contributed by atoms with Gasteiger partial charge in [-0.15, -0.1) is 0 Å². The van der Waals surface area contributed by atoms with Crippen LogP contribution in [0.15, 0.2) is 53.8 Å². The number of nitrogens with one attached hydrogen (secondary N) is 2. The number of piperidine rings is 1. The molecule has 0 radical (unpaired) electrons. The number of aromatic nitrogens is 1. The summed E-state index contributed by atoms with van der Waals surface area (Å²) in [6.45, 7) is 0.712. The fourth-order valence-corrected chi connectivity index (χ4v) is 4.21. The van der Waals surface area contributed by atoms with E-state index in [4.69, 9.17) is 4.84 Å². The quantitative estimate of drug-likeness (QED) is 0.863. The minimum absolute atomic E-state index is 0.0226. The van der Waals surface area contributed by atoms with Crippen LogP contribution in [0.1, 0.15) is 28.9 Å². The Labute approximate surface area is 156 Å². The van der Waals surface area contributed by atoms with E-state index >= 15 is 0 Å². The van der Waals surface area contributed by atoms with Crippen molar-refractivity contribution in [3.05, 3.63) is 59.9 Å². The molecule has 4 atom stereocenters. The van der Waals surface area contributed by atoms with Crippen molar-refractivity contribution in [3.8, 4) is 0 Å². The second-order valence-corrected chi connectivity index (χ2v) is 7.26. The molecule has 2 N–H and O–H groups in total. The largest absolute Gasteiger partial charge is 0.382 e. The number of benzene rings is 1. The average Bonchev–Trinajstić information content (AvgIpc) is 3.24. The van der Waals surface area contributed by atoms with Gasteiger partial charge in [-0.05, 0) is 24.1 Å². The maximum absolute atomic E-state index is 12.9. The van der Waals surface area contributed by atoms with Crippen molar-refractivity contribution in [3.63, 3.8) is 0 Å². The second-order valence-electron chi connectivity index (χ2n) is 7.26. The Hall–Kier alpha value is -3.09. The Bertz CT molecular complexity index is 893. The van der Waals surface area contributed by atoms with E-state index in [1.165, 1.54) is 0 Å². The molecule has 1 aromatic heterocycles. The highest BCUT2D eigenvalue weighted by Crippen LogP contribution is 2.45. The van der Waals surface area contributed by atoms with Gasteiger partial charge in [0.25, 0.3) is 11.8 Å². The Balaban J connectivity index is 1.20. The van der Waals surface area contributed by atoms with Crippen LogP contribution in [0.25, 0.3) is 0 Å². The molecule has 7 nitrogen and oxygen atoms in total. The number of carbonyl (C=O) groups is 2. The Morgan fingerprint density at radius 2 is 2.04 bits per heavy atom. The van der Waals surface area contributed by atoms with E-state index in [0.717, 1.165) is 17.7 Å². The third-order valence-electron chi connectivity index (χ3n) is 5.66. The molecule has 2 aromatic rings. The summed E-state index contributed by atoms with van der Waals surface area (Å²) >= 11 is 0. The first kappa shape index (κ1) is 16.1. The van der Waals surface area contributed by atoms with E-state index in [2.05, 4.69) is 15.5 Å². The highest BCUT2D eigenvalue weighted by Gasteiger charge is 2.60. The zero-order valence-electron chi connectivity index (χ0n) is 14.7. The Kier molecular flexibility index (Phi) is 3.74. The van der Waals surface area contributed by atoms with Crippen LogP contribution in [0.5, 0.6) is 0 Å². The van der Waals surface area contributed by atoms with Gasteiger partial charge in [0.05, 0.1) is 17.8 Å². The summed E-state index contributed by atoms with van der Waals surface area (Å²) in [5.41, 5.74) is 2.32. The number of oxime groups is 1. The van der Waals surface area contributed by atoms with Gasteiger partial charge < -0.3 is 20.0 Å². The van der Waals surface area contributed by atoms with Crippen LogP contribution < -0.4 is 5.32 Å². The summed E-state index contributed by atoms with van der Waals surface area (Å²) in [5.74, 6) is 0.177. The number of H-pyrrole nitrogens is 1. The summed E-state index contributed by atoms with van der Waals surface area (Å²) in [4.78, 5) is 35.4. The highest BCUT2D eigenvalue weighted by molar-refractivity contribution is 6.04. The molecule has 2 fully saturated rings. The number of nitrogens with zero attached hydrogens (tertiary/aromatic N) is 2. The molecule has 2 aliphatic heterocycles. The van der Waals surface area contributed by atoms with Crippen LogP contribution in [0.3, 0.4) is 0 Å². The number of likely N-dealkylation sites (tertiary alicyclic amines) is 1. The molecule has 0 bridgehead atoms. The van der Waals surface area contributed by atoms with Gasteiger partial charge in [0.1, 0.15) is 5.69 Å². The molecule has 0 spiro atoms. The Morgan fingerprint density at radius 3 is 2.81 bits per heavy atom. The molecular formula is C20H20N4O3. The molecular weight excluding hydrogens is 344 g/mol. The number of fused-ring (bicyclic) bond motifs is 1. The third kappa shape index (κ3) is 2.79. The molecule has 5 rings (SSSR count). The van der Waals surface area contributed by atoms with Crippen LogP contribution in [-0.4, -0.2) is 52.1 Å². The number of carbonyl (C=O) groups excluding carboxylic acids is 2. The van der Waals surface area contributed by atoms with Gasteiger partial charge in [0, 0.05) is 25.1 Å². The molecule has 1 aliphatic carbocycles. The Morgan fingerprint density at radius 1 is 1.19 bits per heavy atom. The van der Waals surface area contributed by atoms with Gasteiger partial charge >= 0.3 is 0 Å². The molecule has 1 aromatic carbocycles. The number of rotatable bonds is 4. The van der Waals surface area contributed by atoms with Gasteiger partial charge in [-0.1, -0.05) is 35.5 Å².